The Kier molecular flexibility index (Phi) is 9.56. The van der Waals surface area contributed by atoms with Gasteiger partial charge in [0.05, 0.1) is 17.2 Å². The molecular weight excluding hydrogens is 520 g/mol. The van der Waals surface area contributed by atoms with Gasteiger partial charge in [-0.1, -0.05) is 73.9 Å². The van der Waals surface area contributed by atoms with Crippen LogP contribution in [-0.4, -0.2) is 29.8 Å². The number of hydrogen-bond acceptors (Lipinski definition) is 3. The van der Waals surface area contributed by atoms with Gasteiger partial charge in [-0.25, -0.2) is 0 Å². The Bertz CT molecular complexity index is 1690. The summed E-state index contributed by atoms with van der Waals surface area (Å²) in [5.74, 6) is 0. The van der Waals surface area contributed by atoms with Crippen LogP contribution in [-0.2, 0) is 0 Å². The molecule has 4 N–H and O–H groups in total. The maximum atomic E-state index is 6.06. The lowest BCUT2D eigenvalue weighted by atomic mass is 9.98. The lowest BCUT2D eigenvalue weighted by Gasteiger charge is -2.30. The smallest absolute Gasteiger partial charge is 0.0808 e. The minimum absolute atomic E-state index is 0.192. The van der Waals surface area contributed by atoms with Crippen molar-refractivity contribution >= 4 is 43.3 Å². The van der Waals surface area contributed by atoms with Gasteiger partial charge in [0.1, 0.15) is 0 Å². The van der Waals surface area contributed by atoms with Gasteiger partial charge in [0.2, 0.25) is 0 Å². The molecule has 0 aliphatic carbocycles. The highest BCUT2D eigenvalue weighted by molar-refractivity contribution is 8.31. The molecule has 0 saturated carbocycles. The van der Waals surface area contributed by atoms with E-state index in [2.05, 4.69) is 107 Å². The van der Waals surface area contributed by atoms with E-state index in [9.17, 15) is 0 Å². The summed E-state index contributed by atoms with van der Waals surface area (Å²) in [7, 11) is 0.861. The molecule has 1 aromatic heterocycles. The molecule has 4 nitrogen and oxygen atoms in total. The van der Waals surface area contributed by atoms with E-state index in [1.165, 1.54) is 21.8 Å². The van der Waals surface area contributed by atoms with Crippen molar-refractivity contribution in [1.82, 2.24) is 9.29 Å². The number of anilines is 1. The van der Waals surface area contributed by atoms with Crippen LogP contribution in [0.4, 0.5) is 5.69 Å². The molecule has 41 heavy (non-hydrogen) atoms. The van der Waals surface area contributed by atoms with E-state index in [0.717, 1.165) is 33.5 Å². The Morgan fingerprint density at radius 1 is 0.878 bits per heavy atom. The lowest BCUT2D eigenvalue weighted by molar-refractivity contribution is 0.622. The van der Waals surface area contributed by atoms with Crippen LogP contribution >= 0.6 is 10.2 Å². The third kappa shape index (κ3) is 7.01. The van der Waals surface area contributed by atoms with E-state index >= 15 is 0 Å². The number of nitrogens with zero attached hydrogens (tertiary/aromatic N) is 1. The van der Waals surface area contributed by atoms with Crippen LogP contribution in [0.15, 0.2) is 134 Å². The zero-order valence-corrected chi connectivity index (χ0v) is 25.6. The number of allylic oxidation sites excluding steroid dienone is 9. The number of nitrogens with two attached hydrogens (primary N) is 1. The van der Waals surface area contributed by atoms with Crippen LogP contribution < -0.4 is 16.4 Å². The second kappa shape index (κ2) is 13.1. The molecule has 3 aromatic carbocycles. The summed E-state index contributed by atoms with van der Waals surface area (Å²) in [5.41, 5.74) is 14.6. The zero-order chi connectivity index (χ0) is 29.6. The summed E-state index contributed by atoms with van der Waals surface area (Å²) in [4.78, 5) is 0. The lowest BCUT2D eigenvalue weighted by Crippen LogP contribution is -2.24. The average Bonchev–Trinajstić information content (AvgIpc) is 3.30. The van der Waals surface area contributed by atoms with Crippen molar-refractivity contribution in [1.29, 1.82) is 0 Å². The minimum Gasteiger partial charge on any atom is -0.362 e. The van der Waals surface area contributed by atoms with E-state index in [4.69, 9.17) is 5.73 Å². The predicted octanol–water partition coefficient (Wildman–Crippen LogP) is 8.68. The van der Waals surface area contributed by atoms with Crippen LogP contribution in [0.1, 0.15) is 24.2 Å². The number of nitrogens with one attached hydrogen (secondary N) is 2. The summed E-state index contributed by atoms with van der Waals surface area (Å²) >= 11 is 0. The van der Waals surface area contributed by atoms with Crippen molar-refractivity contribution in [2.45, 2.75) is 13.1 Å². The minimum atomic E-state index is -0.985. The zero-order valence-electron chi connectivity index (χ0n) is 24.8. The van der Waals surface area contributed by atoms with Crippen LogP contribution in [0.5, 0.6) is 0 Å². The topological polar surface area (TPSA) is 55.0 Å². The third-order valence-electron chi connectivity index (χ3n) is 6.91. The highest BCUT2D eigenvalue weighted by Gasteiger charge is 2.17. The van der Waals surface area contributed by atoms with Gasteiger partial charge < -0.3 is 20.3 Å². The van der Waals surface area contributed by atoms with Gasteiger partial charge in [0, 0.05) is 22.7 Å². The summed E-state index contributed by atoms with van der Waals surface area (Å²) in [6, 6.07) is 23.5. The van der Waals surface area contributed by atoms with E-state index in [1.807, 2.05) is 62.7 Å². The average molecular weight is 563 g/mol. The van der Waals surface area contributed by atoms with Crippen LogP contribution in [0.3, 0.4) is 0 Å². The quantitative estimate of drug-likeness (QED) is 0.127. The number of aromatic nitrogens is 1. The Morgan fingerprint density at radius 3 is 2.37 bits per heavy atom. The van der Waals surface area contributed by atoms with Crippen molar-refractivity contribution in [3.8, 4) is 0 Å². The maximum Gasteiger partial charge on any atom is 0.0808 e. The van der Waals surface area contributed by atoms with Gasteiger partial charge >= 0.3 is 0 Å². The molecule has 0 aliphatic heterocycles. The number of benzene rings is 3. The highest BCUT2D eigenvalue weighted by atomic mass is 32.3. The molecule has 1 unspecified atom stereocenters. The summed E-state index contributed by atoms with van der Waals surface area (Å²) in [6.07, 6.45) is 20.9. The van der Waals surface area contributed by atoms with Crippen molar-refractivity contribution in [3.05, 3.63) is 145 Å². The monoisotopic (exact) mass is 562 g/mol. The number of para-hydroxylation sites is 1. The molecule has 0 amide bonds. The van der Waals surface area contributed by atoms with Gasteiger partial charge in [-0.05, 0) is 103 Å². The molecule has 4 rings (SSSR count). The number of fused-ring (bicyclic) bond motifs is 3. The fourth-order valence-electron chi connectivity index (χ4n) is 4.86. The van der Waals surface area contributed by atoms with Gasteiger partial charge in [0.25, 0.3) is 0 Å². The van der Waals surface area contributed by atoms with Crippen LogP contribution in [0.2, 0.25) is 0 Å². The van der Waals surface area contributed by atoms with Gasteiger partial charge in [-0.15, -0.1) is 0 Å². The first-order valence-corrected chi connectivity index (χ1v) is 16.5. The number of rotatable bonds is 11. The first-order valence-electron chi connectivity index (χ1n) is 13.7. The van der Waals surface area contributed by atoms with E-state index < -0.39 is 10.2 Å². The van der Waals surface area contributed by atoms with E-state index in [-0.39, 0.29) is 6.17 Å². The largest absolute Gasteiger partial charge is 0.362 e. The van der Waals surface area contributed by atoms with Crippen LogP contribution in [0, 0.1) is 0 Å². The molecule has 1 atom stereocenters. The first-order chi connectivity index (χ1) is 19.6. The Morgan fingerprint density at radius 2 is 1.63 bits per heavy atom. The molecule has 0 saturated heterocycles. The molecule has 5 heteroatoms. The summed E-state index contributed by atoms with van der Waals surface area (Å²) in [5, 5.41) is 8.90. The van der Waals surface area contributed by atoms with Crippen LogP contribution in [0.25, 0.3) is 27.4 Å². The van der Waals surface area contributed by atoms with Crippen molar-refractivity contribution in [3.63, 3.8) is 0 Å². The third-order valence-corrected chi connectivity index (χ3v) is 8.40. The van der Waals surface area contributed by atoms with Gasteiger partial charge in [-0.2, -0.15) is 10.2 Å². The first kappa shape index (κ1) is 29.9. The van der Waals surface area contributed by atoms with E-state index in [1.54, 1.807) is 0 Å². The Balaban J connectivity index is 1.53. The predicted molar refractivity (Wildman–Crippen MR) is 186 cm³/mol. The molecule has 0 radical (unpaired) electrons. The second-order valence-electron chi connectivity index (χ2n) is 10.7. The molecule has 0 fully saturated rings. The Hall–Kier alpha value is -4.03. The Labute approximate surface area is 246 Å². The van der Waals surface area contributed by atoms with Gasteiger partial charge in [-0.3, -0.25) is 0 Å². The molecule has 0 bridgehead atoms. The fourth-order valence-corrected chi connectivity index (χ4v) is 6.36. The van der Waals surface area contributed by atoms with Crippen molar-refractivity contribution < 1.29 is 0 Å². The molecule has 1 heterocycles. The highest BCUT2D eigenvalue weighted by Crippen LogP contribution is 2.45. The molecule has 4 aromatic rings. The second-order valence-corrected chi connectivity index (χ2v) is 14.6. The van der Waals surface area contributed by atoms with Gasteiger partial charge in [0.15, 0.2) is 0 Å². The van der Waals surface area contributed by atoms with Crippen molar-refractivity contribution in [2.24, 2.45) is 5.73 Å². The van der Waals surface area contributed by atoms with E-state index in [0.29, 0.717) is 0 Å². The summed E-state index contributed by atoms with van der Waals surface area (Å²) < 4.78 is 2.52. The van der Waals surface area contributed by atoms with Crippen molar-refractivity contribution in [2.75, 3.05) is 31.1 Å². The maximum absolute atomic E-state index is 6.06. The standard InChI is InChI=1S/C36H42N4S/c1-8-14-28(29-20-21-35-33(25-29)32-18-9-10-19-34(32)40(35)41(5,6)7)23-27(3)26(2)15-11-12-22-39-31-17-13-16-30(24-31)36(37)38-4/h8-25,36,38-39H,2-3,37H2,1,4-7H3/b14-8-,15-11-,22-12-,28-23+. The fraction of sp³-hybridized carbons (Fsp3) is 0.167. The number of hydrogen-bond donors (Lipinski definition) is 3. The molecular formula is C36H42N4S. The summed E-state index contributed by atoms with van der Waals surface area (Å²) in [6.45, 7) is 10.6. The molecule has 0 spiro atoms. The normalized spacial score (nSPS) is 14.0. The molecule has 0 aliphatic rings. The SMILES string of the molecule is C=C(/C=C\C=C/Nc1cccc(C(N)NC)c1)C(=C)/C=C(\C=C/C)c1ccc2c(c1)c1ccccc1n2S(C)(C)C. The molecule has 212 valence electrons.